The molecule has 2 rings (SSSR count). The SMILES string of the molecule is CCCOc1ccc(C(F)(F)F)cc1NC(=O)Cc1ccc(O)cc1. The Kier molecular flexibility index (Phi) is 5.90. The smallest absolute Gasteiger partial charge is 0.416 e. The first-order valence-electron chi connectivity index (χ1n) is 7.71. The van der Waals surface area contributed by atoms with E-state index in [-0.39, 0.29) is 23.6 Å². The number of nitrogens with one attached hydrogen (secondary N) is 1. The molecule has 0 spiro atoms. The van der Waals surface area contributed by atoms with E-state index >= 15 is 0 Å². The lowest BCUT2D eigenvalue weighted by Gasteiger charge is -2.15. The van der Waals surface area contributed by atoms with Crippen LogP contribution in [0.15, 0.2) is 42.5 Å². The van der Waals surface area contributed by atoms with Crippen LogP contribution in [0, 0.1) is 0 Å². The number of phenols is 1. The highest BCUT2D eigenvalue weighted by molar-refractivity contribution is 5.93. The molecule has 0 unspecified atom stereocenters. The molecule has 2 aromatic rings. The lowest BCUT2D eigenvalue weighted by Crippen LogP contribution is -2.16. The van der Waals surface area contributed by atoms with E-state index in [0.717, 1.165) is 12.1 Å². The maximum Gasteiger partial charge on any atom is 0.416 e. The van der Waals surface area contributed by atoms with Crippen LogP contribution in [0.5, 0.6) is 11.5 Å². The van der Waals surface area contributed by atoms with Gasteiger partial charge in [0.2, 0.25) is 5.91 Å². The maximum absolute atomic E-state index is 12.9. The topological polar surface area (TPSA) is 58.6 Å². The molecule has 2 aromatic carbocycles. The number of hydrogen-bond acceptors (Lipinski definition) is 3. The third kappa shape index (κ3) is 5.41. The number of amides is 1. The number of alkyl halides is 3. The Morgan fingerprint density at radius 2 is 1.84 bits per heavy atom. The summed E-state index contributed by atoms with van der Waals surface area (Å²) in [5.74, 6) is -0.224. The molecule has 4 nitrogen and oxygen atoms in total. The van der Waals surface area contributed by atoms with Crippen molar-refractivity contribution in [2.24, 2.45) is 0 Å². The van der Waals surface area contributed by atoms with Gasteiger partial charge in [-0.1, -0.05) is 19.1 Å². The van der Waals surface area contributed by atoms with Crippen LogP contribution in [-0.2, 0) is 17.4 Å². The first-order valence-corrected chi connectivity index (χ1v) is 7.71. The quantitative estimate of drug-likeness (QED) is 0.810. The van der Waals surface area contributed by atoms with Gasteiger partial charge in [-0.25, -0.2) is 0 Å². The van der Waals surface area contributed by atoms with Crippen LogP contribution in [0.1, 0.15) is 24.5 Å². The summed E-state index contributed by atoms with van der Waals surface area (Å²) in [5, 5.41) is 11.7. The van der Waals surface area contributed by atoms with Crippen molar-refractivity contribution in [3.63, 3.8) is 0 Å². The standard InChI is InChI=1S/C18H18F3NO3/c1-2-9-25-16-8-5-13(18(19,20)21)11-15(16)22-17(24)10-12-3-6-14(23)7-4-12/h3-8,11,23H,2,9-10H2,1H3,(H,22,24). The van der Waals surface area contributed by atoms with Crippen molar-refractivity contribution in [3.05, 3.63) is 53.6 Å². The zero-order valence-electron chi connectivity index (χ0n) is 13.6. The number of carbonyl (C=O) groups is 1. The molecule has 0 atom stereocenters. The van der Waals surface area contributed by atoms with Crippen molar-refractivity contribution in [1.29, 1.82) is 0 Å². The minimum absolute atomic E-state index is 0.0212. The molecular weight excluding hydrogens is 335 g/mol. The van der Waals surface area contributed by atoms with Crippen LogP contribution in [0.2, 0.25) is 0 Å². The largest absolute Gasteiger partial charge is 0.508 e. The highest BCUT2D eigenvalue weighted by Gasteiger charge is 2.31. The highest BCUT2D eigenvalue weighted by atomic mass is 19.4. The summed E-state index contributed by atoms with van der Waals surface area (Å²) in [5.41, 5.74) is -0.262. The summed E-state index contributed by atoms with van der Waals surface area (Å²) in [4.78, 5) is 12.1. The van der Waals surface area contributed by atoms with Gasteiger partial charge in [-0.15, -0.1) is 0 Å². The van der Waals surface area contributed by atoms with Crippen LogP contribution in [-0.4, -0.2) is 17.6 Å². The van der Waals surface area contributed by atoms with Crippen molar-refractivity contribution in [2.45, 2.75) is 25.9 Å². The predicted molar refractivity (Wildman–Crippen MR) is 87.7 cm³/mol. The lowest BCUT2D eigenvalue weighted by atomic mass is 10.1. The number of anilines is 1. The Morgan fingerprint density at radius 3 is 2.44 bits per heavy atom. The first kappa shape index (κ1) is 18.6. The third-order valence-corrected chi connectivity index (χ3v) is 3.34. The second-order valence-electron chi connectivity index (χ2n) is 5.45. The van der Waals surface area contributed by atoms with E-state index in [9.17, 15) is 23.1 Å². The van der Waals surface area contributed by atoms with E-state index in [1.165, 1.54) is 18.2 Å². The number of benzene rings is 2. The second kappa shape index (κ2) is 7.92. The number of phenolic OH excluding ortho intramolecular Hbond substituents is 1. The monoisotopic (exact) mass is 353 g/mol. The molecule has 0 saturated carbocycles. The Morgan fingerprint density at radius 1 is 1.16 bits per heavy atom. The van der Waals surface area contributed by atoms with Crippen molar-refractivity contribution in [3.8, 4) is 11.5 Å². The maximum atomic E-state index is 12.9. The van der Waals surface area contributed by atoms with Crippen LogP contribution in [0.4, 0.5) is 18.9 Å². The van der Waals surface area contributed by atoms with E-state index in [4.69, 9.17) is 4.74 Å². The van der Waals surface area contributed by atoms with E-state index in [0.29, 0.717) is 18.6 Å². The Labute approximate surface area is 143 Å². The lowest BCUT2D eigenvalue weighted by molar-refractivity contribution is -0.137. The zero-order valence-corrected chi connectivity index (χ0v) is 13.6. The minimum atomic E-state index is -4.51. The fourth-order valence-corrected chi connectivity index (χ4v) is 2.14. The Hall–Kier alpha value is -2.70. The van der Waals surface area contributed by atoms with Gasteiger partial charge >= 0.3 is 6.18 Å². The number of carbonyl (C=O) groups excluding carboxylic acids is 1. The van der Waals surface area contributed by atoms with E-state index in [1.807, 2.05) is 6.92 Å². The van der Waals surface area contributed by atoms with Crippen molar-refractivity contribution < 1.29 is 27.8 Å². The van der Waals surface area contributed by atoms with Crippen LogP contribution >= 0.6 is 0 Å². The Bertz CT molecular complexity index is 727. The number of aromatic hydroxyl groups is 1. The highest BCUT2D eigenvalue weighted by Crippen LogP contribution is 2.35. The van der Waals surface area contributed by atoms with Gasteiger partial charge in [-0.3, -0.25) is 4.79 Å². The van der Waals surface area contributed by atoms with Gasteiger partial charge in [0.25, 0.3) is 0 Å². The molecule has 25 heavy (non-hydrogen) atoms. The van der Waals surface area contributed by atoms with Crippen molar-refractivity contribution in [2.75, 3.05) is 11.9 Å². The summed E-state index contributed by atoms with van der Waals surface area (Å²) < 4.78 is 44.1. The third-order valence-electron chi connectivity index (χ3n) is 3.34. The van der Waals surface area contributed by atoms with Gasteiger partial charge in [-0.2, -0.15) is 13.2 Å². The van der Waals surface area contributed by atoms with E-state index in [2.05, 4.69) is 5.32 Å². The molecule has 7 heteroatoms. The summed E-state index contributed by atoms with van der Waals surface area (Å²) >= 11 is 0. The summed E-state index contributed by atoms with van der Waals surface area (Å²) in [6, 6.07) is 8.98. The van der Waals surface area contributed by atoms with Gasteiger partial charge < -0.3 is 15.2 Å². The van der Waals surface area contributed by atoms with Gasteiger partial charge in [0, 0.05) is 0 Å². The van der Waals surface area contributed by atoms with Gasteiger partial charge in [0.05, 0.1) is 24.3 Å². The molecule has 0 bridgehead atoms. The number of halogens is 3. The zero-order chi connectivity index (χ0) is 18.4. The molecule has 0 fully saturated rings. The minimum Gasteiger partial charge on any atom is -0.508 e. The molecule has 2 N–H and O–H groups in total. The molecule has 0 heterocycles. The fourth-order valence-electron chi connectivity index (χ4n) is 2.14. The predicted octanol–water partition coefficient (Wildman–Crippen LogP) is 4.38. The van der Waals surface area contributed by atoms with Crippen LogP contribution < -0.4 is 10.1 Å². The van der Waals surface area contributed by atoms with E-state index < -0.39 is 17.6 Å². The fraction of sp³-hybridized carbons (Fsp3) is 0.278. The molecule has 0 aromatic heterocycles. The van der Waals surface area contributed by atoms with Crippen LogP contribution in [0.3, 0.4) is 0 Å². The second-order valence-corrected chi connectivity index (χ2v) is 5.45. The van der Waals surface area contributed by atoms with Crippen LogP contribution in [0.25, 0.3) is 0 Å². The summed E-state index contributed by atoms with van der Waals surface area (Å²) in [6.45, 7) is 2.19. The van der Waals surface area contributed by atoms with Crippen molar-refractivity contribution in [1.82, 2.24) is 0 Å². The van der Waals surface area contributed by atoms with E-state index in [1.54, 1.807) is 12.1 Å². The molecule has 0 radical (unpaired) electrons. The molecule has 0 aliphatic rings. The number of hydrogen-bond donors (Lipinski definition) is 2. The molecule has 0 aliphatic carbocycles. The van der Waals surface area contributed by atoms with Gasteiger partial charge in [0.15, 0.2) is 0 Å². The molecular formula is C18H18F3NO3. The normalized spacial score (nSPS) is 11.2. The van der Waals surface area contributed by atoms with Gasteiger partial charge in [-0.05, 0) is 42.3 Å². The summed E-state index contributed by atoms with van der Waals surface area (Å²) in [6.07, 6.45) is -3.87. The number of rotatable bonds is 6. The number of ether oxygens (including phenoxy) is 1. The molecule has 0 aliphatic heterocycles. The average Bonchev–Trinajstić information content (AvgIpc) is 2.55. The molecule has 1 amide bonds. The average molecular weight is 353 g/mol. The Balaban J connectivity index is 2.19. The molecule has 134 valence electrons. The molecule has 0 saturated heterocycles. The summed E-state index contributed by atoms with van der Waals surface area (Å²) in [7, 11) is 0. The van der Waals surface area contributed by atoms with Crippen molar-refractivity contribution >= 4 is 11.6 Å². The van der Waals surface area contributed by atoms with Gasteiger partial charge in [0.1, 0.15) is 11.5 Å². The first-order chi connectivity index (χ1) is 11.8.